The second-order valence-electron chi connectivity index (χ2n) is 11.4. The number of ether oxygens (including phenoxy) is 2. The molecule has 0 aliphatic carbocycles. The van der Waals surface area contributed by atoms with Crippen molar-refractivity contribution in [1.82, 2.24) is 24.8 Å². The lowest BCUT2D eigenvalue weighted by atomic mass is 10.0. The zero-order valence-electron chi connectivity index (χ0n) is 25.6. The molecule has 2 saturated heterocycles. The number of carbonyl (C=O) groups is 1. The molecule has 14 heteroatoms. The van der Waals surface area contributed by atoms with Crippen molar-refractivity contribution in [2.75, 3.05) is 57.1 Å². The van der Waals surface area contributed by atoms with E-state index in [4.69, 9.17) is 9.47 Å². The molecule has 0 radical (unpaired) electrons. The predicted molar refractivity (Wildman–Crippen MR) is 163 cm³/mol. The van der Waals surface area contributed by atoms with Gasteiger partial charge in [0.05, 0.1) is 24.9 Å². The highest BCUT2D eigenvalue weighted by molar-refractivity contribution is 5.80. The Balaban J connectivity index is 1.30. The van der Waals surface area contributed by atoms with E-state index in [9.17, 15) is 23.9 Å². The zero-order valence-corrected chi connectivity index (χ0v) is 25.6. The average molecular weight is 623 g/mol. The number of rotatable bonds is 8. The van der Waals surface area contributed by atoms with Gasteiger partial charge < -0.3 is 34.6 Å². The highest BCUT2D eigenvalue weighted by Crippen LogP contribution is 2.35. The smallest absolute Gasteiger partial charge is 0.301 e. The molecule has 238 valence electrons. The van der Waals surface area contributed by atoms with Gasteiger partial charge in [-0.25, -0.2) is 18.7 Å². The number of halogens is 2. The number of likely N-dealkylation sites (N-methyl/N-ethyl adjacent to an activating group) is 1. The van der Waals surface area contributed by atoms with Crippen LogP contribution in [0, 0.1) is 11.3 Å². The standard InChI is InChI=1S/C31H36F2N8O4/c1-19-16-39(3)11-12-41(19)24-6-8-27(38-29(24)44-4)37-28-14-23(35-18-36-28)21-5-7-25(22(13-21)15-34)45-26-9-10-40(17-31(26,32)33)30(43)20(2)42/h5-8,13-14,18-20,26,42H,9-12,16-17H2,1-4H3,(H,35,36,37,38)/t19-,20-,26?/m0/s1. The van der Waals surface area contributed by atoms with E-state index in [1.54, 1.807) is 19.2 Å². The van der Waals surface area contributed by atoms with E-state index in [0.717, 1.165) is 30.2 Å². The molecule has 12 nitrogen and oxygen atoms in total. The van der Waals surface area contributed by atoms with Gasteiger partial charge in [0, 0.05) is 50.3 Å². The minimum Gasteiger partial charge on any atom is -0.483 e. The topological polar surface area (TPSA) is 140 Å². The zero-order chi connectivity index (χ0) is 32.3. The Kier molecular flexibility index (Phi) is 9.31. The van der Waals surface area contributed by atoms with Crippen LogP contribution in [0.5, 0.6) is 11.6 Å². The first-order chi connectivity index (χ1) is 21.5. The summed E-state index contributed by atoms with van der Waals surface area (Å²) in [5.74, 6) is -2.68. The molecule has 1 aromatic carbocycles. The molecule has 2 fully saturated rings. The van der Waals surface area contributed by atoms with Crippen LogP contribution < -0.4 is 19.7 Å². The van der Waals surface area contributed by atoms with Crippen LogP contribution in [0.15, 0.2) is 42.7 Å². The molecule has 5 rings (SSSR count). The number of likely N-dealkylation sites (tertiary alicyclic amines) is 1. The van der Waals surface area contributed by atoms with Crippen LogP contribution >= 0.6 is 0 Å². The Bertz CT molecular complexity index is 1580. The molecule has 45 heavy (non-hydrogen) atoms. The van der Waals surface area contributed by atoms with E-state index in [-0.39, 0.29) is 24.3 Å². The monoisotopic (exact) mass is 622 g/mol. The van der Waals surface area contributed by atoms with Crippen LogP contribution in [0.3, 0.4) is 0 Å². The Morgan fingerprint density at radius 1 is 1.18 bits per heavy atom. The van der Waals surface area contributed by atoms with E-state index in [0.29, 0.717) is 34.8 Å². The predicted octanol–water partition coefficient (Wildman–Crippen LogP) is 3.30. The summed E-state index contributed by atoms with van der Waals surface area (Å²) in [7, 11) is 3.69. The number of benzene rings is 1. The minimum absolute atomic E-state index is 0.000291. The average Bonchev–Trinajstić information content (AvgIpc) is 3.02. The van der Waals surface area contributed by atoms with Crippen molar-refractivity contribution in [3.8, 4) is 29.0 Å². The molecule has 2 aromatic heterocycles. The number of methoxy groups -OCH3 is 1. The van der Waals surface area contributed by atoms with E-state index in [1.165, 1.54) is 25.4 Å². The largest absolute Gasteiger partial charge is 0.483 e. The van der Waals surface area contributed by atoms with Gasteiger partial charge in [0.2, 0.25) is 5.88 Å². The molecule has 2 N–H and O–H groups in total. The van der Waals surface area contributed by atoms with Crippen molar-refractivity contribution in [3.63, 3.8) is 0 Å². The number of alkyl halides is 2. The number of aromatic nitrogens is 3. The second kappa shape index (κ2) is 13.2. The molecular weight excluding hydrogens is 586 g/mol. The van der Waals surface area contributed by atoms with Gasteiger partial charge in [0.15, 0.2) is 6.10 Å². The lowest BCUT2D eigenvalue weighted by molar-refractivity contribution is -0.165. The number of hydrogen-bond acceptors (Lipinski definition) is 11. The summed E-state index contributed by atoms with van der Waals surface area (Å²) in [6.07, 6.45) is -1.70. The van der Waals surface area contributed by atoms with Crippen molar-refractivity contribution in [3.05, 3.63) is 48.3 Å². The van der Waals surface area contributed by atoms with Gasteiger partial charge in [-0.1, -0.05) is 0 Å². The van der Waals surface area contributed by atoms with Gasteiger partial charge >= 0.3 is 5.92 Å². The quantitative estimate of drug-likeness (QED) is 0.383. The molecule has 0 saturated carbocycles. The number of nitriles is 1. The van der Waals surface area contributed by atoms with Crippen LogP contribution in [-0.2, 0) is 4.79 Å². The molecule has 3 aromatic rings. The Morgan fingerprint density at radius 2 is 1.98 bits per heavy atom. The van der Waals surface area contributed by atoms with Crippen LogP contribution in [0.2, 0.25) is 0 Å². The first kappa shape index (κ1) is 31.8. The number of amides is 1. The maximum atomic E-state index is 14.9. The lowest BCUT2D eigenvalue weighted by Crippen LogP contribution is -2.56. The number of aliphatic hydroxyl groups is 1. The van der Waals surface area contributed by atoms with Crippen molar-refractivity contribution in [2.24, 2.45) is 0 Å². The third kappa shape index (κ3) is 7.05. The Hall–Kier alpha value is -4.61. The summed E-state index contributed by atoms with van der Waals surface area (Å²) < 4.78 is 41.0. The fourth-order valence-electron chi connectivity index (χ4n) is 5.63. The summed E-state index contributed by atoms with van der Waals surface area (Å²) in [6.45, 7) is 5.26. The van der Waals surface area contributed by atoms with Crippen molar-refractivity contribution < 1.29 is 28.2 Å². The number of hydrogen-bond donors (Lipinski definition) is 2. The van der Waals surface area contributed by atoms with Crippen molar-refractivity contribution >= 4 is 23.2 Å². The molecule has 2 aliphatic heterocycles. The van der Waals surface area contributed by atoms with Gasteiger partial charge in [0.25, 0.3) is 5.91 Å². The first-order valence-corrected chi connectivity index (χ1v) is 14.6. The van der Waals surface area contributed by atoms with Gasteiger partial charge in [-0.05, 0) is 51.2 Å². The number of piperidine rings is 1. The molecule has 4 heterocycles. The fraction of sp³-hybridized carbons (Fsp3) is 0.452. The van der Waals surface area contributed by atoms with Crippen molar-refractivity contribution in [2.45, 2.75) is 44.4 Å². The normalized spacial score (nSPS) is 20.7. The van der Waals surface area contributed by atoms with Gasteiger partial charge in [-0.3, -0.25) is 4.79 Å². The molecule has 0 bridgehead atoms. The van der Waals surface area contributed by atoms with Gasteiger partial charge in [0.1, 0.15) is 41.6 Å². The second-order valence-corrected chi connectivity index (χ2v) is 11.4. The third-order valence-corrected chi connectivity index (χ3v) is 7.96. The minimum atomic E-state index is -3.38. The summed E-state index contributed by atoms with van der Waals surface area (Å²) in [6, 6.07) is 12.4. The highest BCUT2D eigenvalue weighted by Gasteiger charge is 2.48. The summed E-state index contributed by atoms with van der Waals surface area (Å²) in [4.78, 5) is 30.8. The highest BCUT2D eigenvalue weighted by atomic mass is 19.3. The fourth-order valence-corrected chi connectivity index (χ4v) is 5.63. The van der Waals surface area contributed by atoms with Crippen molar-refractivity contribution in [1.29, 1.82) is 5.26 Å². The maximum Gasteiger partial charge on any atom is 0.301 e. The molecular formula is C31H36F2N8O4. The van der Waals surface area contributed by atoms with Crippen LogP contribution in [0.25, 0.3) is 11.3 Å². The molecule has 0 spiro atoms. The van der Waals surface area contributed by atoms with E-state index in [1.807, 2.05) is 18.2 Å². The summed E-state index contributed by atoms with van der Waals surface area (Å²) in [5.41, 5.74) is 2.01. The number of nitrogens with one attached hydrogen (secondary N) is 1. The van der Waals surface area contributed by atoms with E-state index >= 15 is 0 Å². The van der Waals surface area contributed by atoms with E-state index < -0.39 is 30.6 Å². The Morgan fingerprint density at radius 3 is 2.67 bits per heavy atom. The van der Waals surface area contributed by atoms with Gasteiger partial charge in [-0.2, -0.15) is 10.2 Å². The number of piperazine rings is 1. The van der Waals surface area contributed by atoms with Crippen LogP contribution in [0.4, 0.5) is 26.1 Å². The number of anilines is 3. The molecule has 2 aliphatic rings. The summed E-state index contributed by atoms with van der Waals surface area (Å²) >= 11 is 0. The van der Waals surface area contributed by atoms with Gasteiger partial charge in [-0.15, -0.1) is 0 Å². The Labute approximate surface area is 260 Å². The van der Waals surface area contributed by atoms with E-state index in [2.05, 4.69) is 44.0 Å². The molecule has 3 atom stereocenters. The number of pyridine rings is 1. The molecule has 1 unspecified atom stereocenters. The van der Waals surface area contributed by atoms with Crippen LogP contribution in [0.1, 0.15) is 25.8 Å². The number of aliphatic hydroxyl groups excluding tert-OH is 1. The maximum absolute atomic E-state index is 14.9. The summed E-state index contributed by atoms with van der Waals surface area (Å²) in [5, 5.41) is 22.5. The number of carbonyl (C=O) groups excluding carboxylic acids is 1. The third-order valence-electron chi connectivity index (χ3n) is 7.96. The first-order valence-electron chi connectivity index (χ1n) is 14.6. The van der Waals surface area contributed by atoms with Crippen LogP contribution in [-0.4, -0.2) is 107 Å². The molecule has 1 amide bonds. The lowest BCUT2D eigenvalue weighted by Gasteiger charge is -2.40. The number of nitrogens with zero attached hydrogens (tertiary/aromatic N) is 7. The SMILES string of the molecule is COc1nc(Nc2cc(-c3ccc(OC4CCN(C(=O)[C@H](C)O)CC4(F)F)c(C#N)c3)ncn2)ccc1N1CCN(C)C[C@@H]1C.